The zero-order valence-electron chi connectivity index (χ0n) is 15.4. The van der Waals surface area contributed by atoms with Crippen molar-refractivity contribution in [2.24, 2.45) is 0 Å². The van der Waals surface area contributed by atoms with Crippen LogP contribution in [-0.4, -0.2) is 12.5 Å². The molecule has 3 aromatic rings. The molecule has 0 spiro atoms. The van der Waals surface area contributed by atoms with Crippen molar-refractivity contribution in [2.75, 3.05) is 17.2 Å². The second kappa shape index (κ2) is 9.41. The molecule has 1 atom stereocenters. The summed E-state index contributed by atoms with van der Waals surface area (Å²) in [5, 5.41) is 24.8. The van der Waals surface area contributed by atoms with Crippen LogP contribution in [0.3, 0.4) is 0 Å². The number of rotatable bonds is 6. The number of hydrogen-bond acceptors (Lipinski definition) is 4. The Morgan fingerprint density at radius 2 is 1.72 bits per heavy atom. The Labute approximate surface area is 174 Å². The molecule has 0 aliphatic rings. The maximum absolute atomic E-state index is 12.2. The summed E-state index contributed by atoms with van der Waals surface area (Å²) in [6, 6.07) is 25.8. The van der Waals surface area contributed by atoms with Crippen LogP contribution in [0.2, 0.25) is 5.02 Å². The highest BCUT2D eigenvalue weighted by Gasteiger charge is 2.17. The fraction of sp³-hybridized carbons (Fsp3) is 0.0870. The molecule has 29 heavy (non-hydrogen) atoms. The molecule has 0 bridgehead atoms. The number of nitrogens with zero attached hydrogens (tertiary/aromatic N) is 2. The van der Waals surface area contributed by atoms with Gasteiger partial charge in [-0.2, -0.15) is 10.5 Å². The molecule has 0 heterocycles. The van der Waals surface area contributed by atoms with Crippen LogP contribution in [0.15, 0.2) is 72.8 Å². The molecule has 1 amide bonds. The second-order valence-corrected chi connectivity index (χ2v) is 6.68. The van der Waals surface area contributed by atoms with E-state index in [-0.39, 0.29) is 12.5 Å². The van der Waals surface area contributed by atoms with Crippen LogP contribution in [-0.2, 0) is 4.79 Å². The third-order valence-corrected chi connectivity index (χ3v) is 4.68. The zero-order valence-corrected chi connectivity index (χ0v) is 16.1. The van der Waals surface area contributed by atoms with E-state index in [0.717, 1.165) is 5.56 Å². The molecule has 0 saturated carbocycles. The normalized spacial score (nSPS) is 11.0. The first-order valence-electron chi connectivity index (χ1n) is 8.89. The molecular formula is C23H17ClN4O. The highest BCUT2D eigenvalue weighted by atomic mass is 35.5. The van der Waals surface area contributed by atoms with E-state index >= 15 is 0 Å². The maximum Gasteiger partial charge on any atom is 0.243 e. The van der Waals surface area contributed by atoms with E-state index in [1.807, 2.05) is 36.4 Å². The summed E-state index contributed by atoms with van der Waals surface area (Å²) < 4.78 is 0. The number of benzene rings is 3. The Morgan fingerprint density at radius 1 is 1.00 bits per heavy atom. The average Bonchev–Trinajstić information content (AvgIpc) is 2.75. The van der Waals surface area contributed by atoms with Crippen LogP contribution < -0.4 is 10.6 Å². The van der Waals surface area contributed by atoms with E-state index in [1.54, 1.807) is 42.5 Å². The molecule has 0 radical (unpaired) electrons. The number of amides is 1. The lowest BCUT2D eigenvalue weighted by Crippen LogP contribution is -2.22. The van der Waals surface area contributed by atoms with Gasteiger partial charge in [0.1, 0.15) is 6.07 Å². The zero-order chi connectivity index (χ0) is 20.6. The molecular weight excluding hydrogens is 384 g/mol. The monoisotopic (exact) mass is 400 g/mol. The SMILES string of the molecule is N#Cc1ccccc1NC(=O)CNc1ccc(C(C#N)c2ccccc2)c(Cl)c1. The molecule has 0 aliphatic carbocycles. The van der Waals surface area contributed by atoms with Gasteiger partial charge in [-0.3, -0.25) is 4.79 Å². The molecule has 3 rings (SSSR count). The number of halogens is 1. The topological polar surface area (TPSA) is 88.7 Å². The first-order chi connectivity index (χ1) is 14.1. The maximum atomic E-state index is 12.2. The van der Waals surface area contributed by atoms with Gasteiger partial charge in [-0.05, 0) is 35.4 Å². The van der Waals surface area contributed by atoms with Crippen molar-refractivity contribution in [3.05, 3.63) is 94.5 Å². The molecule has 3 aromatic carbocycles. The lowest BCUT2D eigenvalue weighted by Gasteiger charge is -2.14. The standard InChI is InChI=1S/C23H17ClN4O/c24-21-12-18(10-11-19(21)20(14-26)16-6-2-1-3-7-16)27-15-23(29)28-22-9-5-4-8-17(22)13-25/h1-12,20,27H,15H2,(H,28,29). The Balaban J connectivity index is 1.67. The van der Waals surface area contributed by atoms with E-state index in [1.165, 1.54) is 0 Å². The van der Waals surface area contributed by atoms with Crippen LogP contribution in [0.1, 0.15) is 22.6 Å². The highest BCUT2D eigenvalue weighted by molar-refractivity contribution is 6.31. The van der Waals surface area contributed by atoms with Crippen molar-refractivity contribution in [1.82, 2.24) is 0 Å². The summed E-state index contributed by atoms with van der Waals surface area (Å²) in [7, 11) is 0. The molecule has 5 nitrogen and oxygen atoms in total. The number of carbonyl (C=O) groups is 1. The lowest BCUT2D eigenvalue weighted by atomic mass is 9.92. The number of anilines is 2. The minimum atomic E-state index is -0.469. The predicted molar refractivity (Wildman–Crippen MR) is 114 cm³/mol. The smallest absolute Gasteiger partial charge is 0.243 e. The van der Waals surface area contributed by atoms with Gasteiger partial charge in [0.05, 0.1) is 29.8 Å². The molecule has 0 saturated heterocycles. The molecule has 142 valence electrons. The van der Waals surface area contributed by atoms with E-state index < -0.39 is 5.92 Å². The fourth-order valence-corrected chi connectivity index (χ4v) is 3.20. The van der Waals surface area contributed by atoms with Crippen molar-refractivity contribution >= 4 is 28.9 Å². The number of nitriles is 2. The van der Waals surface area contributed by atoms with E-state index in [4.69, 9.17) is 16.9 Å². The summed E-state index contributed by atoms with van der Waals surface area (Å²) in [5.41, 5.74) is 3.10. The van der Waals surface area contributed by atoms with Gasteiger partial charge in [0, 0.05) is 10.7 Å². The third-order valence-electron chi connectivity index (χ3n) is 4.35. The summed E-state index contributed by atoms with van der Waals surface area (Å²) in [4.78, 5) is 12.2. The van der Waals surface area contributed by atoms with Gasteiger partial charge in [0.15, 0.2) is 0 Å². The first-order valence-corrected chi connectivity index (χ1v) is 9.27. The predicted octanol–water partition coefficient (Wildman–Crippen LogP) is 4.92. The second-order valence-electron chi connectivity index (χ2n) is 6.27. The summed E-state index contributed by atoms with van der Waals surface area (Å²) in [6.45, 7) is 0.00972. The van der Waals surface area contributed by atoms with Gasteiger partial charge in [-0.1, -0.05) is 60.1 Å². The largest absolute Gasteiger partial charge is 0.376 e. The minimum Gasteiger partial charge on any atom is -0.376 e. The van der Waals surface area contributed by atoms with Gasteiger partial charge in [-0.25, -0.2) is 0 Å². The Kier molecular flexibility index (Phi) is 6.47. The molecule has 1 unspecified atom stereocenters. The van der Waals surface area contributed by atoms with Crippen LogP contribution in [0.25, 0.3) is 0 Å². The molecule has 2 N–H and O–H groups in total. The number of para-hydroxylation sites is 1. The molecule has 0 aromatic heterocycles. The molecule has 0 aliphatic heterocycles. The third kappa shape index (κ3) is 4.93. The highest BCUT2D eigenvalue weighted by Crippen LogP contribution is 2.31. The van der Waals surface area contributed by atoms with E-state index in [2.05, 4.69) is 16.7 Å². The Morgan fingerprint density at radius 3 is 2.41 bits per heavy atom. The van der Waals surface area contributed by atoms with Gasteiger partial charge in [0.2, 0.25) is 5.91 Å². The van der Waals surface area contributed by atoms with Crippen LogP contribution in [0.4, 0.5) is 11.4 Å². The molecule has 6 heteroatoms. The number of hydrogen-bond donors (Lipinski definition) is 2. The summed E-state index contributed by atoms with van der Waals surface area (Å²) in [6.07, 6.45) is 0. The number of nitrogens with one attached hydrogen (secondary N) is 2. The van der Waals surface area contributed by atoms with Gasteiger partial charge in [0.25, 0.3) is 0 Å². The first kappa shape index (κ1) is 19.9. The van der Waals surface area contributed by atoms with E-state index in [0.29, 0.717) is 27.5 Å². The number of carbonyl (C=O) groups excluding carboxylic acids is 1. The van der Waals surface area contributed by atoms with Crippen molar-refractivity contribution in [1.29, 1.82) is 10.5 Å². The van der Waals surface area contributed by atoms with Crippen LogP contribution >= 0.6 is 11.6 Å². The van der Waals surface area contributed by atoms with Crippen molar-refractivity contribution in [3.8, 4) is 12.1 Å². The van der Waals surface area contributed by atoms with Gasteiger partial charge >= 0.3 is 0 Å². The van der Waals surface area contributed by atoms with Crippen molar-refractivity contribution in [3.63, 3.8) is 0 Å². The average molecular weight is 401 g/mol. The van der Waals surface area contributed by atoms with Crippen LogP contribution in [0, 0.1) is 22.7 Å². The quantitative estimate of drug-likeness (QED) is 0.614. The lowest BCUT2D eigenvalue weighted by molar-refractivity contribution is -0.114. The van der Waals surface area contributed by atoms with Gasteiger partial charge in [-0.15, -0.1) is 0 Å². The van der Waals surface area contributed by atoms with E-state index in [9.17, 15) is 10.1 Å². The fourth-order valence-electron chi connectivity index (χ4n) is 2.91. The Bertz CT molecular complexity index is 1100. The van der Waals surface area contributed by atoms with Crippen molar-refractivity contribution in [2.45, 2.75) is 5.92 Å². The summed E-state index contributed by atoms with van der Waals surface area (Å²) in [5.74, 6) is -0.754. The van der Waals surface area contributed by atoms with Crippen LogP contribution in [0.5, 0.6) is 0 Å². The Hall–Kier alpha value is -3.80. The minimum absolute atomic E-state index is 0.00972. The summed E-state index contributed by atoms with van der Waals surface area (Å²) >= 11 is 6.41. The van der Waals surface area contributed by atoms with Crippen molar-refractivity contribution < 1.29 is 4.79 Å². The molecule has 0 fully saturated rings. The van der Waals surface area contributed by atoms with Gasteiger partial charge < -0.3 is 10.6 Å².